The summed E-state index contributed by atoms with van der Waals surface area (Å²) in [7, 11) is -3.38. The molecule has 2 aliphatic heterocycles. The summed E-state index contributed by atoms with van der Waals surface area (Å²) >= 11 is 0. The fourth-order valence-corrected chi connectivity index (χ4v) is 5.63. The average molecular weight is 348 g/mol. The van der Waals surface area contributed by atoms with E-state index in [1.165, 1.54) is 0 Å². The van der Waals surface area contributed by atoms with Crippen LogP contribution < -0.4 is 0 Å². The standard InChI is InChI=1S/C18H24N2O3S/c1-3-11-19-16-10-12-20(17(16)8-9-18(19)21)24(22,23)13-15-6-4-14(2)5-7-15/h3-7,16-17H,1,8-13H2,2H3/t16-,17-/m1/s1. The summed E-state index contributed by atoms with van der Waals surface area (Å²) in [6.45, 7) is 6.67. The molecule has 2 heterocycles. The van der Waals surface area contributed by atoms with E-state index in [0.717, 1.165) is 11.1 Å². The minimum absolute atomic E-state index is 0.0166. The highest BCUT2D eigenvalue weighted by atomic mass is 32.2. The second kappa shape index (κ2) is 6.69. The molecule has 2 fully saturated rings. The molecule has 3 rings (SSSR count). The van der Waals surface area contributed by atoms with Crippen molar-refractivity contribution in [3.8, 4) is 0 Å². The van der Waals surface area contributed by atoms with E-state index in [1.807, 2.05) is 31.2 Å². The Bertz CT molecular complexity index is 727. The Hall–Kier alpha value is -1.66. The molecule has 6 heteroatoms. The molecule has 1 amide bonds. The van der Waals surface area contributed by atoms with Gasteiger partial charge >= 0.3 is 0 Å². The van der Waals surface area contributed by atoms with E-state index in [-0.39, 0.29) is 23.7 Å². The second-order valence-corrected chi connectivity index (χ2v) is 8.57. The van der Waals surface area contributed by atoms with Gasteiger partial charge in [0.25, 0.3) is 0 Å². The van der Waals surface area contributed by atoms with Crippen molar-refractivity contribution in [3.05, 3.63) is 48.0 Å². The minimum atomic E-state index is -3.38. The fraction of sp³-hybridized carbons (Fsp3) is 0.500. The largest absolute Gasteiger partial charge is 0.334 e. The summed E-state index contributed by atoms with van der Waals surface area (Å²) in [6.07, 6.45) is 3.44. The number of carbonyl (C=O) groups excluding carboxylic acids is 1. The van der Waals surface area contributed by atoms with Gasteiger partial charge in [0, 0.05) is 31.6 Å². The number of benzene rings is 1. The zero-order chi connectivity index (χ0) is 17.3. The molecule has 5 nitrogen and oxygen atoms in total. The molecule has 0 N–H and O–H groups in total. The molecule has 24 heavy (non-hydrogen) atoms. The quantitative estimate of drug-likeness (QED) is 0.766. The highest BCUT2D eigenvalue weighted by molar-refractivity contribution is 7.88. The number of likely N-dealkylation sites (tertiary alicyclic amines) is 1. The van der Waals surface area contributed by atoms with Gasteiger partial charge in [-0.3, -0.25) is 4.79 Å². The number of piperidine rings is 1. The van der Waals surface area contributed by atoms with Gasteiger partial charge < -0.3 is 4.90 Å². The SMILES string of the molecule is C=CCN1C(=O)CC[C@@H]2[C@H]1CCN2S(=O)(=O)Cc1ccc(C)cc1. The van der Waals surface area contributed by atoms with Gasteiger partial charge in [0.15, 0.2) is 0 Å². The predicted octanol–water partition coefficient (Wildman–Crippen LogP) is 2.08. The highest BCUT2D eigenvalue weighted by Crippen LogP contribution is 2.34. The summed E-state index contributed by atoms with van der Waals surface area (Å²) in [5.41, 5.74) is 1.92. The molecule has 1 aromatic rings. The van der Waals surface area contributed by atoms with E-state index >= 15 is 0 Å². The van der Waals surface area contributed by atoms with Gasteiger partial charge in [-0.1, -0.05) is 35.9 Å². The van der Waals surface area contributed by atoms with E-state index in [4.69, 9.17) is 0 Å². The zero-order valence-corrected chi connectivity index (χ0v) is 14.8. The van der Waals surface area contributed by atoms with Gasteiger partial charge in [0.05, 0.1) is 5.75 Å². The van der Waals surface area contributed by atoms with Crippen molar-refractivity contribution in [2.45, 2.75) is 44.0 Å². The first-order valence-corrected chi connectivity index (χ1v) is 9.99. The lowest BCUT2D eigenvalue weighted by atomic mass is 9.97. The molecular formula is C18H24N2O3S. The molecule has 0 aromatic heterocycles. The maximum absolute atomic E-state index is 12.9. The van der Waals surface area contributed by atoms with Gasteiger partial charge in [-0.25, -0.2) is 8.42 Å². The van der Waals surface area contributed by atoms with Crippen LogP contribution in [0.2, 0.25) is 0 Å². The lowest BCUT2D eigenvalue weighted by Gasteiger charge is -2.38. The lowest BCUT2D eigenvalue weighted by Crippen LogP contribution is -2.53. The summed E-state index contributed by atoms with van der Waals surface area (Å²) in [6, 6.07) is 7.49. The molecule has 0 spiro atoms. The van der Waals surface area contributed by atoms with Crippen LogP contribution in [0.1, 0.15) is 30.4 Å². The molecule has 130 valence electrons. The number of hydrogen-bond donors (Lipinski definition) is 0. The molecular weight excluding hydrogens is 324 g/mol. The average Bonchev–Trinajstić information content (AvgIpc) is 2.97. The van der Waals surface area contributed by atoms with E-state index in [0.29, 0.717) is 32.4 Å². The summed E-state index contributed by atoms with van der Waals surface area (Å²) in [4.78, 5) is 13.9. The monoisotopic (exact) mass is 348 g/mol. The van der Waals surface area contributed by atoms with Crippen LogP contribution >= 0.6 is 0 Å². The van der Waals surface area contributed by atoms with Crippen LogP contribution in [0.5, 0.6) is 0 Å². The fourth-order valence-electron chi connectivity index (χ4n) is 3.81. The van der Waals surface area contributed by atoms with Crippen molar-refractivity contribution >= 4 is 15.9 Å². The maximum atomic E-state index is 12.9. The van der Waals surface area contributed by atoms with Crippen molar-refractivity contribution in [1.82, 2.24) is 9.21 Å². The molecule has 2 saturated heterocycles. The lowest BCUT2D eigenvalue weighted by molar-refractivity contribution is -0.136. The van der Waals surface area contributed by atoms with Crippen molar-refractivity contribution in [3.63, 3.8) is 0 Å². The van der Waals surface area contributed by atoms with E-state index < -0.39 is 10.0 Å². The first-order valence-electron chi connectivity index (χ1n) is 8.38. The Balaban J connectivity index is 1.78. The van der Waals surface area contributed by atoms with Crippen molar-refractivity contribution < 1.29 is 13.2 Å². The molecule has 2 aliphatic rings. The van der Waals surface area contributed by atoms with Crippen LogP contribution in [0.25, 0.3) is 0 Å². The molecule has 0 unspecified atom stereocenters. The number of sulfonamides is 1. The van der Waals surface area contributed by atoms with Gasteiger partial charge in [0.1, 0.15) is 0 Å². The minimum Gasteiger partial charge on any atom is -0.334 e. The van der Waals surface area contributed by atoms with Crippen LogP contribution in [0.15, 0.2) is 36.9 Å². The number of rotatable bonds is 5. The zero-order valence-electron chi connectivity index (χ0n) is 14.0. The topological polar surface area (TPSA) is 57.7 Å². The van der Waals surface area contributed by atoms with Crippen LogP contribution in [-0.2, 0) is 20.6 Å². The normalized spacial score (nSPS) is 24.9. The van der Waals surface area contributed by atoms with Crippen LogP contribution in [0, 0.1) is 6.92 Å². The first-order chi connectivity index (χ1) is 11.4. The first kappa shape index (κ1) is 17.2. The van der Waals surface area contributed by atoms with E-state index in [1.54, 1.807) is 15.3 Å². The van der Waals surface area contributed by atoms with Crippen LogP contribution in [0.4, 0.5) is 0 Å². The van der Waals surface area contributed by atoms with Crippen LogP contribution in [-0.4, -0.2) is 48.7 Å². The number of carbonyl (C=O) groups is 1. The molecule has 1 aromatic carbocycles. The Kier molecular flexibility index (Phi) is 4.78. The van der Waals surface area contributed by atoms with Gasteiger partial charge in [-0.2, -0.15) is 4.31 Å². The maximum Gasteiger partial charge on any atom is 0.223 e. The van der Waals surface area contributed by atoms with Crippen molar-refractivity contribution in [2.24, 2.45) is 0 Å². The molecule has 0 aliphatic carbocycles. The third-order valence-corrected chi connectivity index (χ3v) is 6.85. The molecule has 2 atom stereocenters. The number of aryl methyl sites for hydroxylation is 1. The van der Waals surface area contributed by atoms with E-state index in [9.17, 15) is 13.2 Å². The van der Waals surface area contributed by atoms with Crippen molar-refractivity contribution in [1.29, 1.82) is 0 Å². The third-order valence-electron chi connectivity index (χ3n) is 4.99. The summed E-state index contributed by atoms with van der Waals surface area (Å²) < 4.78 is 27.4. The molecule has 0 radical (unpaired) electrons. The third kappa shape index (κ3) is 3.26. The molecule has 0 bridgehead atoms. The smallest absolute Gasteiger partial charge is 0.223 e. The summed E-state index contributed by atoms with van der Waals surface area (Å²) in [5.74, 6) is 0.125. The number of nitrogens with zero attached hydrogens (tertiary/aromatic N) is 2. The van der Waals surface area contributed by atoms with Gasteiger partial charge in [-0.05, 0) is 25.3 Å². The van der Waals surface area contributed by atoms with Crippen LogP contribution in [0.3, 0.4) is 0 Å². The Labute approximate surface area is 144 Å². The predicted molar refractivity (Wildman–Crippen MR) is 93.8 cm³/mol. The summed E-state index contributed by atoms with van der Waals surface area (Å²) in [5, 5.41) is 0. The Morgan fingerprint density at radius 2 is 1.92 bits per heavy atom. The van der Waals surface area contributed by atoms with Crippen molar-refractivity contribution in [2.75, 3.05) is 13.1 Å². The Morgan fingerprint density at radius 3 is 2.58 bits per heavy atom. The number of fused-ring (bicyclic) bond motifs is 1. The number of amides is 1. The highest BCUT2D eigenvalue weighted by Gasteiger charge is 2.46. The van der Waals surface area contributed by atoms with E-state index in [2.05, 4.69) is 6.58 Å². The van der Waals surface area contributed by atoms with Gasteiger partial charge in [-0.15, -0.1) is 6.58 Å². The molecule has 0 saturated carbocycles. The second-order valence-electron chi connectivity index (χ2n) is 6.65. The van der Waals surface area contributed by atoms with Gasteiger partial charge in [0.2, 0.25) is 15.9 Å². The Morgan fingerprint density at radius 1 is 1.21 bits per heavy atom. The number of hydrogen-bond acceptors (Lipinski definition) is 3.